The molecule has 1 aliphatic rings. The highest BCUT2D eigenvalue weighted by Crippen LogP contribution is 2.26. The van der Waals surface area contributed by atoms with Crippen LogP contribution in [0.4, 0.5) is 0 Å². The smallest absolute Gasteiger partial charge is 0.254 e. The molecule has 1 aromatic carbocycles. The van der Waals surface area contributed by atoms with Crippen LogP contribution in [0.25, 0.3) is 10.9 Å². The summed E-state index contributed by atoms with van der Waals surface area (Å²) in [6.45, 7) is 5.58. The van der Waals surface area contributed by atoms with Crippen LogP contribution in [0.15, 0.2) is 30.5 Å². The fourth-order valence-corrected chi connectivity index (χ4v) is 3.68. The van der Waals surface area contributed by atoms with Gasteiger partial charge in [0.15, 0.2) is 0 Å². The molecule has 1 fully saturated rings. The molecule has 1 aliphatic heterocycles. The molecule has 3 heterocycles. The highest BCUT2D eigenvalue weighted by molar-refractivity contribution is 6.06. The highest BCUT2D eigenvalue weighted by atomic mass is 16.2. The molecule has 4 rings (SSSR count). The number of hydrogen-bond acceptors (Lipinski definition) is 3. The first-order valence-electron chi connectivity index (χ1n) is 8.37. The minimum absolute atomic E-state index is 0.0771. The summed E-state index contributed by atoms with van der Waals surface area (Å²) in [5, 5.41) is 12.5. The van der Waals surface area contributed by atoms with Crippen molar-refractivity contribution in [3.8, 4) is 0 Å². The van der Waals surface area contributed by atoms with Gasteiger partial charge in [0.25, 0.3) is 5.91 Å². The van der Waals surface area contributed by atoms with E-state index >= 15 is 0 Å². The number of benzene rings is 1. The maximum atomic E-state index is 13.0. The molecule has 1 N–H and O–H groups in total. The molecular weight excluding hydrogens is 302 g/mol. The van der Waals surface area contributed by atoms with Gasteiger partial charge in [0.1, 0.15) is 0 Å². The van der Waals surface area contributed by atoms with E-state index in [-0.39, 0.29) is 11.9 Å². The van der Waals surface area contributed by atoms with Crippen molar-refractivity contribution in [2.45, 2.75) is 32.7 Å². The first-order chi connectivity index (χ1) is 11.6. The van der Waals surface area contributed by atoms with Gasteiger partial charge in [-0.05, 0) is 44.9 Å². The quantitative estimate of drug-likeness (QED) is 0.788. The maximum Gasteiger partial charge on any atom is 0.254 e. The zero-order valence-corrected chi connectivity index (χ0v) is 14.0. The molecule has 0 radical (unpaired) electrons. The minimum Gasteiger partial charge on any atom is -0.336 e. The number of fused-ring (bicyclic) bond motifs is 1. The Balaban J connectivity index is 1.61. The summed E-state index contributed by atoms with van der Waals surface area (Å²) in [5.41, 5.74) is 3.80. The van der Waals surface area contributed by atoms with Gasteiger partial charge >= 0.3 is 0 Å². The van der Waals surface area contributed by atoms with E-state index in [1.165, 1.54) is 0 Å². The van der Waals surface area contributed by atoms with Crippen molar-refractivity contribution in [1.82, 2.24) is 24.9 Å². The molecular formula is C18H21N5O. The van der Waals surface area contributed by atoms with Gasteiger partial charge in [-0.15, -0.1) is 0 Å². The van der Waals surface area contributed by atoms with E-state index in [1.807, 2.05) is 30.0 Å². The van der Waals surface area contributed by atoms with Crippen molar-refractivity contribution in [2.75, 3.05) is 13.1 Å². The Bertz CT molecular complexity index is 894. The second kappa shape index (κ2) is 5.78. The van der Waals surface area contributed by atoms with Crippen molar-refractivity contribution in [3.63, 3.8) is 0 Å². The lowest BCUT2D eigenvalue weighted by atomic mass is 10.0. The Kier molecular flexibility index (Phi) is 3.59. The molecule has 24 heavy (non-hydrogen) atoms. The van der Waals surface area contributed by atoms with Crippen molar-refractivity contribution in [3.05, 3.63) is 47.4 Å². The molecule has 6 nitrogen and oxygen atoms in total. The van der Waals surface area contributed by atoms with Gasteiger partial charge in [0.2, 0.25) is 0 Å². The van der Waals surface area contributed by atoms with E-state index in [0.717, 1.165) is 47.2 Å². The predicted octanol–water partition coefficient (Wildman–Crippen LogP) is 2.85. The van der Waals surface area contributed by atoms with Crippen LogP contribution >= 0.6 is 0 Å². The average molecular weight is 323 g/mol. The number of aryl methyl sites for hydroxylation is 2. The van der Waals surface area contributed by atoms with E-state index in [2.05, 4.69) is 33.0 Å². The summed E-state index contributed by atoms with van der Waals surface area (Å²) in [6, 6.07) is 8.06. The molecule has 0 bridgehead atoms. The van der Waals surface area contributed by atoms with Gasteiger partial charge in [-0.25, -0.2) is 0 Å². The number of aromatic amines is 1. The second-order valence-electron chi connectivity index (χ2n) is 6.56. The lowest BCUT2D eigenvalue weighted by Crippen LogP contribution is -2.41. The molecule has 1 amide bonds. The Labute approximate surface area is 140 Å². The Morgan fingerprint density at radius 3 is 3.00 bits per heavy atom. The van der Waals surface area contributed by atoms with Gasteiger partial charge in [-0.1, -0.05) is 6.07 Å². The van der Waals surface area contributed by atoms with Gasteiger partial charge in [-0.2, -0.15) is 10.2 Å². The fourth-order valence-electron chi connectivity index (χ4n) is 3.68. The molecule has 1 saturated heterocycles. The Morgan fingerprint density at radius 1 is 1.33 bits per heavy atom. The lowest BCUT2D eigenvalue weighted by Gasteiger charge is -2.33. The van der Waals surface area contributed by atoms with Crippen LogP contribution < -0.4 is 0 Å². The van der Waals surface area contributed by atoms with Gasteiger partial charge in [-0.3, -0.25) is 14.6 Å². The number of nitrogens with zero attached hydrogens (tertiary/aromatic N) is 4. The number of piperidine rings is 1. The molecule has 124 valence electrons. The van der Waals surface area contributed by atoms with E-state index in [9.17, 15) is 4.79 Å². The average Bonchev–Trinajstić information content (AvgIpc) is 3.20. The summed E-state index contributed by atoms with van der Waals surface area (Å²) >= 11 is 0. The third-order valence-corrected chi connectivity index (χ3v) is 4.79. The third kappa shape index (κ3) is 2.48. The number of likely N-dealkylation sites (tertiary alicyclic amines) is 1. The standard InChI is InChI=1S/C18H21N5O/c1-12-9-13(2)23(21-12)14-5-4-8-22(11-14)18(24)15-6-3-7-17-16(15)10-19-20-17/h3,6-7,9-10,14H,4-5,8,11H2,1-2H3,(H,19,20). The number of rotatable bonds is 2. The maximum absolute atomic E-state index is 13.0. The van der Waals surface area contributed by atoms with Crippen LogP contribution in [-0.4, -0.2) is 43.9 Å². The lowest BCUT2D eigenvalue weighted by molar-refractivity contribution is 0.0673. The van der Waals surface area contributed by atoms with Gasteiger partial charge in [0, 0.05) is 24.2 Å². The zero-order valence-electron chi connectivity index (χ0n) is 14.0. The highest BCUT2D eigenvalue weighted by Gasteiger charge is 2.27. The van der Waals surface area contributed by atoms with Crippen LogP contribution in [0.3, 0.4) is 0 Å². The summed E-state index contributed by atoms with van der Waals surface area (Å²) in [6.07, 6.45) is 3.78. The van der Waals surface area contributed by atoms with Crippen molar-refractivity contribution >= 4 is 16.8 Å². The monoisotopic (exact) mass is 323 g/mol. The molecule has 6 heteroatoms. The van der Waals surface area contributed by atoms with Crippen molar-refractivity contribution < 1.29 is 4.79 Å². The van der Waals surface area contributed by atoms with Crippen LogP contribution in [0.5, 0.6) is 0 Å². The molecule has 1 unspecified atom stereocenters. The van der Waals surface area contributed by atoms with E-state index in [1.54, 1.807) is 6.20 Å². The molecule has 1 atom stereocenters. The number of aromatic nitrogens is 4. The van der Waals surface area contributed by atoms with Gasteiger partial charge < -0.3 is 4.90 Å². The normalized spacial score (nSPS) is 18.2. The number of H-pyrrole nitrogens is 1. The molecule has 0 spiro atoms. The SMILES string of the molecule is Cc1cc(C)n(C2CCCN(C(=O)c3cccc4[nH]ncc34)C2)n1. The van der Waals surface area contributed by atoms with E-state index in [4.69, 9.17) is 0 Å². The first kappa shape index (κ1) is 14.9. The van der Waals surface area contributed by atoms with Crippen LogP contribution in [0, 0.1) is 13.8 Å². The minimum atomic E-state index is 0.0771. The number of nitrogens with one attached hydrogen (secondary N) is 1. The number of hydrogen-bond donors (Lipinski definition) is 1. The fraction of sp³-hybridized carbons (Fsp3) is 0.389. The number of carbonyl (C=O) groups is 1. The Hall–Kier alpha value is -2.63. The summed E-state index contributed by atoms with van der Waals surface area (Å²) in [5.74, 6) is 0.0771. The number of carbonyl (C=O) groups excluding carboxylic acids is 1. The van der Waals surface area contributed by atoms with Crippen LogP contribution in [0.2, 0.25) is 0 Å². The summed E-state index contributed by atoms with van der Waals surface area (Å²) < 4.78 is 2.08. The van der Waals surface area contributed by atoms with E-state index in [0.29, 0.717) is 6.54 Å². The van der Waals surface area contributed by atoms with E-state index < -0.39 is 0 Å². The number of amides is 1. The molecule has 3 aromatic rings. The molecule has 2 aromatic heterocycles. The van der Waals surface area contributed by atoms with Gasteiger partial charge in [0.05, 0.1) is 29.0 Å². The van der Waals surface area contributed by atoms with Crippen molar-refractivity contribution in [1.29, 1.82) is 0 Å². The predicted molar refractivity (Wildman–Crippen MR) is 92.0 cm³/mol. The van der Waals surface area contributed by atoms with Crippen LogP contribution in [0.1, 0.15) is 40.6 Å². The zero-order chi connectivity index (χ0) is 16.7. The Morgan fingerprint density at radius 2 is 2.21 bits per heavy atom. The van der Waals surface area contributed by atoms with Crippen molar-refractivity contribution in [2.24, 2.45) is 0 Å². The summed E-state index contributed by atoms with van der Waals surface area (Å²) in [7, 11) is 0. The van der Waals surface area contributed by atoms with Crippen LogP contribution in [-0.2, 0) is 0 Å². The second-order valence-corrected chi connectivity index (χ2v) is 6.56. The third-order valence-electron chi connectivity index (χ3n) is 4.79. The molecule has 0 aliphatic carbocycles. The first-order valence-corrected chi connectivity index (χ1v) is 8.37. The largest absolute Gasteiger partial charge is 0.336 e. The topological polar surface area (TPSA) is 66.8 Å². The summed E-state index contributed by atoms with van der Waals surface area (Å²) in [4.78, 5) is 15.0. The molecule has 0 saturated carbocycles.